The van der Waals surface area contributed by atoms with Crippen LogP contribution in [0.3, 0.4) is 0 Å². The summed E-state index contributed by atoms with van der Waals surface area (Å²) in [6.07, 6.45) is 0. The Labute approximate surface area is 102 Å². The average molecular weight is 240 g/mol. The third-order valence-corrected chi connectivity index (χ3v) is 2.81. The van der Waals surface area contributed by atoms with Crippen LogP contribution >= 0.6 is 0 Å². The van der Waals surface area contributed by atoms with Crippen molar-refractivity contribution in [3.05, 3.63) is 30.1 Å². The second kappa shape index (κ2) is 5.98. The van der Waals surface area contributed by atoms with Gasteiger partial charge in [0, 0.05) is 19.3 Å². The Balaban J connectivity index is 2.70. The maximum Gasteiger partial charge on any atom is 0.123 e. The zero-order valence-electron chi connectivity index (χ0n) is 10.7. The molecule has 0 bridgehead atoms. The summed E-state index contributed by atoms with van der Waals surface area (Å²) in [5.74, 6) is -0.237. The van der Waals surface area contributed by atoms with E-state index in [1.54, 1.807) is 12.1 Å². The van der Waals surface area contributed by atoms with Crippen LogP contribution in [0, 0.1) is 5.82 Å². The molecule has 1 unspecified atom stereocenters. The fourth-order valence-corrected chi connectivity index (χ4v) is 1.90. The third-order valence-electron chi connectivity index (χ3n) is 2.81. The molecule has 0 radical (unpaired) electrons. The minimum Gasteiger partial charge on any atom is -0.394 e. The maximum atomic E-state index is 12.8. The second-order valence-corrected chi connectivity index (χ2v) is 4.58. The SMILES string of the molecule is CCNC(C)(CO)CN(C)c1ccc(F)cc1. The highest BCUT2D eigenvalue weighted by Gasteiger charge is 2.23. The van der Waals surface area contributed by atoms with Crippen LogP contribution in [0.25, 0.3) is 0 Å². The Hall–Kier alpha value is -1.13. The second-order valence-electron chi connectivity index (χ2n) is 4.58. The number of halogens is 1. The number of nitrogens with zero attached hydrogens (tertiary/aromatic N) is 1. The van der Waals surface area contributed by atoms with Crippen molar-refractivity contribution in [1.29, 1.82) is 0 Å². The molecule has 0 spiro atoms. The number of benzene rings is 1. The van der Waals surface area contributed by atoms with Gasteiger partial charge in [0.15, 0.2) is 0 Å². The smallest absolute Gasteiger partial charge is 0.123 e. The predicted octanol–water partition coefficient (Wildman–Crippen LogP) is 1.62. The zero-order chi connectivity index (χ0) is 12.9. The maximum absolute atomic E-state index is 12.8. The van der Waals surface area contributed by atoms with Crippen LogP contribution in [-0.2, 0) is 0 Å². The molecule has 1 atom stereocenters. The van der Waals surface area contributed by atoms with Gasteiger partial charge in [-0.25, -0.2) is 4.39 Å². The van der Waals surface area contributed by atoms with Gasteiger partial charge in [-0.1, -0.05) is 6.92 Å². The van der Waals surface area contributed by atoms with Gasteiger partial charge in [-0.15, -0.1) is 0 Å². The normalized spacial score (nSPS) is 14.4. The van der Waals surface area contributed by atoms with Crippen molar-refractivity contribution >= 4 is 5.69 Å². The van der Waals surface area contributed by atoms with Crippen molar-refractivity contribution in [3.63, 3.8) is 0 Å². The first-order valence-corrected chi connectivity index (χ1v) is 5.83. The highest BCUT2D eigenvalue weighted by Crippen LogP contribution is 2.16. The van der Waals surface area contributed by atoms with Crippen LogP contribution in [0.1, 0.15) is 13.8 Å². The van der Waals surface area contributed by atoms with Gasteiger partial charge in [-0.3, -0.25) is 0 Å². The molecule has 96 valence electrons. The lowest BCUT2D eigenvalue weighted by atomic mass is 10.0. The van der Waals surface area contributed by atoms with E-state index >= 15 is 0 Å². The summed E-state index contributed by atoms with van der Waals surface area (Å²) in [4.78, 5) is 2.00. The molecule has 2 N–H and O–H groups in total. The lowest BCUT2D eigenvalue weighted by Crippen LogP contribution is -2.53. The zero-order valence-corrected chi connectivity index (χ0v) is 10.7. The molecule has 0 saturated heterocycles. The molecule has 0 aliphatic heterocycles. The molecular weight excluding hydrogens is 219 g/mol. The van der Waals surface area contributed by atoms with Gasteiger partial charge in [0.1, 0.15) is 5.82 Å². The van der Waals surface area contributed by atoms with Gasteiger partial charge in [0.2, 0.25) is 0 Å². The number of hydrogen-bond donors (Lipinski definition) is 2. The van der Waals surface area contributed by atoms with E-state index in [2.05, 4.69) is 5.32 Å². The summed E-state index contributed by atoms with van der Waals surface area (Å²) in [6, 6.07) is 6.35. The molecule has 1 aromatic rings. The van der Waals surface area contributed by atoms with Crippen LogP contribution in [0.2, 0.25) is 0 Å². The van der Waals surface area contributed by atoms with Crippen LogP contribution in [-0.4, -0.2) is 37.4 Å². The number of rotatable bonds is 6. The molecule has 0 saturated carbocycles. The number of likely N-dealkylation sites (N-methyl/N-ethyl adjacent to an activating group) is 2. The summed E-state index contributed by atoms with van der Waals surface area (Å²) in [5, 5.41) is 12.7. The molecule has 4 heteroatoms. The highest BCUT2D eigenvalue weighted by molar-refractivity contribution is 5.45. The van der Waals surface area contributed by atoms with Gasteiger partial charge in [-0.05, 0) is 37.7 Å². The van der Waals surface area contributed by atoms with Crippen molar-refractivity contribution in [2.45, 2.75) is 19.4 Å². The molecule has 3 nitrogen and oxygen atoms in total. The van der Waals surface area contributed by atoms with Gasteiger partial charge in [-0.2, -0.15) is 0 Å². The first-order valence-electron chi connectivity index (χ1n) is 5.83. The van der Waals surface area contributed by atoms with Crippen LogP contribution in [0.15, 0.2) is 24.3 Å². The van der Waals surface area contributed by atoms with Gasteiger partial charge in [0.25, 0.3) is 0 Å². The Morgan fingerprint density at radius 3 is 2.41 bits per heavy atom. The van der Waals surface area contributed by atoms with Crippen LogP contribution in [0.5, 0.6) is 0 Å². The molecule has 0 aliphatic carbocycles. The minimum absolute atomic E-state index is 0.0619. The number of nitrogens with one attached hydrogen (secondary N) is 1. The topological polar surface area (TPSA) is 35.5 Å². The van der Waals surface area contributed by atoms with Crippen molar-refractivity contribution < 1.29 is 9.50 Å². The van der Waals surface area contributed by atoms with E-state index in [0.29, 0.717) is 6.54 Å². The molecule has 0 aromatic heterocycles. The Morgan fingerprint density at radius 1 is 1.35 bits per heavy atom. The van der Waals surface area contributed by atoms with E-state index in [1.807, 2.05) is 25.8 Å². The summed E-state index contributed by atoms with van der Waals surface area (Å²) in [5.41, 5.74) is 0.585. The Kier molecular flexibility index (Phi) is 4.90. The first kappa shape index (κ1) is 13.9. The van der Waals surface area contributed by atoms with E-state index < -0.39 is 0 Å². The molecule has 1 aromatic carbocycles. The van der Waals surface area contributed by atoms with Crippen LogP contribution in [0.4, 0.5) is 10.1 Å². The molecule has 0 heterocycles. The van der Waals surface area contributed by atoms with Gasteiger partial charge < -0.3 is 15.3 Å². The fraction of sp³-hybridized carbons (Fsp3) is 0.538. The van der Waals surface area contributed by atoms with Crippen molar-refractivity contribution in [2.75, 3.05) is 31.6 Å². The summed E-state index contributed by atoms with van der Waals surface area (Å²) >= 11 is 0. The molecule has 0 aliphatic rings. The molecular formula is C13H21FN2O. The van der Waals surface area contributed by atoms with E-state index in [9.17, 15) is 9.50 Å². The van der Waals surface area contributed by atoms with E-state index in [1.165, 1.54) is 12.1 Å². The minimum atomic E-state index is -0.349. The molecule has 0 fully saturated rings. The van der Waals surface area contributed by atoms with E-state index in [4.69, 9.17) is 0 Å². The summed E-state index contributed by atoms with van der Waals surface area (Å²) in [6.45, 7) is 5.49. The predicted molar refractivity (Wildman–Crippen MR) is 68.8 cm³/mol. The number of anilines is 1. The highest BCUT2D eigenvalue weighted by atomic mass is 19.1. The largest absolute Gasteiger partial charge is 0.394 e. The first-order chi connectivity index (χ1) is 8.00. The van der Waals surface area contributed by atoms with Crippen molar-refractivity contribution in [3.8, 4) is 0 Å². The lowest BCUT2D eigenvalue weighted by Gasteiger charge is -2.34. The number of hydrogen-bond acceptors (Lipinski definition) is 3. The summed E-state index contributed by atoms with van der Waals surface area (Å²) in [7, 11) is 1.93. The van der Waals surface area contributed by atoms with E-state index in [0.717, 1.165) is 12.2 Å². The van der Waals surface area contributed by atoms with Crippen molar-refractivity contribution in [1.82, 2.24) is 5.32 Å². The lowest BCUT2D eigenvalue weighted by molar-refractivity contribution is 0.181. The standard InChI is InChI=1S/C13H21FN2O/c1-4-15-13(2,10-17)9-16(3)12-7-5-11(14)6-8-12/h5-8,15,17H,4,9-10H2,1-3H3. The molecule has 0 amide bonds. The Bertz CT molecular complexity index is 342. The molecule has 17 heavy (non-hydrogen) atoms. The fourth-order valence-electron chi connectivity index (χ4n) is 1.90. The van der Waals surface area contributed by atoms with Gasteiger partial charge >= 0.3 is 0 Å². The van der Waals surface area contributed by atoms with Crippen LogP contribution < -0.4 is 10.2 Å². The Morgan fingerprint density at radius 2 is 1.94 bits per heavy atom. The third kappa shape index (κ3) is 3.98. The van der Waals surface area contributed by atoms with Gasteiger partial charge in [0.05, 0.1) is 12.1 Å². The van der Waals surface area contributed by atoms with E-state index in [-0.39, 0.29) is 18.0 Å². The number of aliphatic hydroxyl groups excluding tert-OH is 1. The summed E-state index contributed by atoms with van der Waals surface area (Å²) < 4.78 is 12.8. The average Bonchev–Trinajstić information content (AvgIpc) is 2.30. The number of aliphatic hydroxyl groups is 1. The van der Waals surface area contributed by atoms with Crippen molar-refractivity contribution in [2.24, 2.45) is 0 Å². The monoisotopic (exact) mass is 240 g/mol. The molecule has 1 rings (SSSR count). The quantitative estimate of drug-likeness (QED) is 0.793.